The van der Waals surface area contributed by atoms with Crippen LogP contribution in [0.4, 0.5) is 8.78 Å². The zero-order valence-electron chi connectivity index (χ0n) is 16.2. The second kappa shape index (κ2) is 6.94. The van der Waals surface area contributed by atoms with E-state index in [1.54, 1.807) is 24.1 Å². The molecule has 0 aliphatic heterocycles. The molecule has 4 rings (SSSR count). The van der Waals surface area contributed by atoms with E-state index in [-0.39, 0.29) is 5.69 Å². The van der Waals surface area contributed by atoms with E-state index in [0.717, 1.165) is 35.9 Å². The highest BCUT2D eigenvalue weighted by atomic mass is 19.3. The Hall–Kier alpha value is -3.30. The number of pyridine rings is 1. The first-order valence-electron chi connectivity index (χ1n) is 9.02. The predicted molar refractivity (Wildman–Crippen MR) is 99.5 cm³/mol. The van der Waals surface area contributed by atoms with E-state index in [1.165, 1.54) is 11.7 Å². The third kappa shape index (κ3) is 3.45. The molecule has 3 heterocycles. The number of carbonyl (C=O) groups excluding carboxylic acids is 1. The molecule has 0 spiro atoms. The summed E-state index contributed by atoms with van der Waals surface area (Å²) >= 11 is 0. The minimum atomic E-state index is -2.73. The lowest BCUT2D eigenvalue weighted by Crippen LogP contribution is -2.37. The van der Waals surface area contributed by atoms with E-state index in [4.69, 9.17) is 4.74 Å². The number of aryl methyl sites for hydroxylation is 2. The van der Waals surface area contributed by atoms with Gasteiger partial charge in [0.2, 0.25) is 5.88 Å². The van der Waals surface area contributed by atoms with Crippen LogP contribution >= 0.6 is 0 Å². The predicted octanol–water partition coefficient (Wildman–Crippen LogP) is 2.58. The van der Waals surface area contributed by atoms with Crippen molar-refractivity contribution in [2.24, 2.45) is 14.1 Å². The van der Waals surface area contributed by atoms with Crippen molar-refractivity contribution < 1.29 is 18.3 Å². The molecule has 3 aromatic rings. The van der Waals surface area contributed by atoms with Crippen molar-refractivity contribution in [3.05, 3.63) is 47.5 Å². The molecule has 1 aliphatic carbocycles. The van der Waals surface area contributed by atoms with Gasteiger partial charge in [0.1, 0.15) is 11.4 Å². The normalized spacial score (nSPS) is 14.8. The van der Waals surface area contributed by atoms with E-state index >= 15 is 0 Å². The Bertz CT molecular complexity index is 1070. The number of nitrogens with zero attached hydrogens (tertiary/aromatic N) is 5. The van der Waals surface area contributed by atoms with Gasteiger partial charge in [-0.05, 0) is 31.0 Å². The average Bonchev–Trinajstić information content (AvgIpc) is 3.17. The molecule has 8 nitrogen and oxygen atoms in total. The van der Waals surface area contributed by atoms with E-state index in [0.29, 0.717) is 5.88 Å². The molecule has 1 fully saturated rings. The number of aromatic nitrogens is 5. The number of ether oxygens (including phenoxy) is 1. The number of rotatable bonds is 6. The third-order valence-electron chi connectivity index (χ3n) is 5.07. The fourth-order valence-corrected chi connectivity index (χ4v) is 3.40. The lowest BCUT2D eigenvalue weighted by atomic mass is 10.1. The van der Waals surface area contributed by atoms with Crippen molar-refractivity contribution in [3.63, 3.8) is 0 Å². The number of alkyl halides is 2. The van der Waals surface area contributed by atoms with Gasteiger partial charge in [-0.3, -0.25) is 14.2 Å². The average molecular weight is 402 g/mol. The second-order valence-electron chi connectivity index (χ2n) is 7.04. The Morgan fingerprint density at radius 2 is 1.97 bits per heavy atom. The highest BCUT2D eigenvalue weighted by Gasteiger charge is 2.48. The summed E-state index contributed by atoms with van der Waals surface area (Å²) < 4.78 is 33.8. The Morgan fingerprint density at radius 1 is 1.21 bits per heavy atom. The standard InChI is InChI=1S/C19H20F2N6O2/c1-26-14(9-13(25-26)17(20)21)18(28)23-19(5-6-19)15-10-12(24-27(15)2)11-4-7-22-16(8-11)29-3/h4,7-10,17H,5-6H2,1-3H3,(H,23,28). The van der Waals surface area contributed by atoms with Gasteiger partial charge in [-0.2, -0.15) is 10.2 Å². The van der Waals surface area contributed by atoms with Crippen LogP contribution in [0.3, 0.4) is 0 Å². The molecule has 1 aliphatic rings. The van der Waals surface area contributed by atoms with Crippen molar-refractivity contribution >= 4 is 5.91 Å². The number of hydrogen-bond donors (Lipinski definition) is 1. The van der Waals surface area contributed by atoms with Crippen LogP contribution in [-0.2, 0) is 19.6 Å². The molecular weight excluding hydrogens is 382 g/mol. The second-order valence-corrected chi connectivity index (χ2v) is 7.04. The van der Waals surface area contributed by atoms with Gasteiger partial charge in [-0.1, -0.05) is 0 Å². The molecule has 1 saturated carbocycles. The van der Waals surface area contributed by atoms with Crippen LogP contribution in [-0.4, -0.2) is 37.6 Å². The molecule has 1 N–H and O–H groups in total. The monoisotopic (exact) mass is 402 g/mol. The molecule has 0 radical (unpaired) electrons. The maximum atomic E-state index is 12.9. The fraction of sp³-hybridized carbons (Fsp3) is 0.368. The first-order valence-corrected chi connectivity index (χ1v) is 9.02. The summed E-state index contributed by atoms with van der Waals surface area (Å²) in [6, 6.07) is 6.64. The van der Waals surface area contributed by atoms with Crippen LogP contribution in [0, 0.1) is 0 Å². The number of amides is 1. The van der Waals surface area contributed by atoms with Crippen LogP contribution in [0.5, 0.6) is 5.88 Å². The lowest BCUT2D eigenvalue weighted by molar-refractivity contribution is 0.0919. The molecule has 10 heteroatoms. The van der Waals surface area contributed by atoms with Crippen LogP contribution in [0.2, 0.25) is 0 Å². The zero-order chi connectivity index (χ0) is 20.8. The summed E-state index contributed by atoms with van der Waals surface area (Å²) in [6.45, 7) is 0. The number of hydrogen-bond acceptors (Lipinski definition) is 5. The lowest BCUT2D eigenvalue weighted by Gasteiger charge is -2.17. The number of methoxy groups -OCH3 is 1. The highest BCUT2D eigenvalue weighted by Crippen LogP contribution is 2.46. The SMILES string of the molecule is COc1cc(-c2cc(C3(NC(=O)c4cc(C(F)F)nn4C)CC3)n(C)n2)ccn1. The summed E-state index contributed by atoms with van der Waals surface area (Å²) in [5.74, 6) is 0.0351. The largest absolute Gasteiger partial charge is 0.481 e. The van der Waals surface area contributed by atoms with E-state index in [2.05, 4.69) is 20.5 Å². The summed E-state index contributed by atoms with van der Waals surface area (Å²) in [5, 5.41) is 11.2. The minimum absolute atomic E-state index is 0.0906. The van der Waals surface area contributed by atoms with Crippen molar-refractivity contribution in [2.75, 3.05) is 7.11 Å². The highest BCUT2D eigenvalue weighted by molar-refractivity contribution is 5.93. The molecule has 3 aromatic heterocycles. The molecular formula is C19H20F2N6O2. The van der Waals surface area contributed by atoms with E-state index in [9.17, 15) is 13.6 Å². The van der Waals surface area contributed by atoms with Gasteiger partial charge in [-0.25, -0.2) is 13.8 Å². The smallest absolute Gasteiger partial charge is 0.282 e. The maximum Gasteiger partial charge on any atom is 0.282 e. The minimum Gasteiger partial charge on any atom is -0.481 e. The van der Waals surface area contributed by atoms with Crippen molar-refractivity contribution in [3.8, 4) is 17.1 Å². The zero-order valence-corrected chi connectivity index (χ0v) is 16.2. The quantitative estimate of drug-likeness (QED) is 0.685. The Morgan fingerprint density at radius 3 is 2.59 bits per heavy atom. The molecule has 0 unspecified atom stereocenters. The Labute approximate surface area is 165 Å². The van der Waals surface area contributed by atoms with Gasteiger partial charge in [0, 0.05) is 31.9 Å². The summed E-state index contributed by atoms with van der Waals surface area (Å²) in [6.07, 6.45) is 0.378. The number of nitrogens with one attached hydrogen (secondary N) is 1. The maximum absolute atomic E-state index is 12.9. The molecule has 0 aromatic carbocycles. The van der Waals surface area contributed by atoms with Gasteiger partial charge >= 0.3 is 0 Å². The molecule has 0 atom stereocenters. The third-order valence-corrected chi connectivity index (χ3v) is 5.07. The summed E-state index contributed by atoms with van der Waals surface area (Å²) in [7, 11) is 4.82. The first kappa shape index (κ1) is 19.0. The van der Waals surface area contributed by atoms with Crippen LogP contribution < -0.4 is 10.1 Å². The first-order chi connectivity index (χ1) is 13.8. The van der Waals surface area contributed by atoms with Gasteiger partial charge < -0.3 is 10.1 Å². The molecule has 0 saturated heterocycles. The number of carbonyl (C=O) groups is 1. The van der Waals surface area contributed by atoms with Gasteiger partial charge in [0.05, 0.1) is 24.0 Å². The van der Waals surface area contributed by atoms with Gasteiger partial charge in [0.25, 0.3) is 12.3 Å². The van der Waals surface area contributed by atoms with Crippen molar-refractivity contribution in [1.29, 1.82) is 0 Å². The van der Waals surface area contributed by atoms with E-state index < -0.39 is 23.6 Å². The van der Waals surface area contributed by atoms with Crippen LogP contribution in [0.25, 0.3) is 11.3 Å². The van der Waals surface area contributed by atoms with Gasteiger partial charge in [-0.15, -0.1) is 0 Å². The number of halogens is 2. The molecule has 29 heavy (non-hydrogen) atoms. The van der Waals surface area contributed by atoms with Crippen molar-refractivity contribution in [2.45, 2.75) is 24.8 Å². The molecule has 1 amide bonds. The topological polar surface area (TPSA) is 86.9 Å². The Balaban J connectivity index is 1.60. The van der Waals surface area contributed by atoms with Crippen LogP contribution in [0.15, 0.2) is 30.5 Å². The van der Waals surface area contributed by atoms with Crippen LogP contribution in [0.1, 0.15) is 41.1 Å². The Kier molecular flexibility index (Phi) is 4.56. The summed E-state index contributed by atoms with van der Waals surface area (Å²) in [4.78, 5) is 16.8. The fourth-order valence-electron chi connectivity index (χ4n) is 3.40. The molecule has 152 valence electrons. The van der Waals surface area contributed by atoms with Crippen molar-refractivity contribution in [1.82, 2.24) is 29.9 Å². The van der Waals surface area contributed by atoms with Gasteiger partial charge in [0.15, 0.2) is 0 Å². The van der Waals surface area contributed by atoms with E-state index in [1.807, 2.05) is 19.2 Å². The summed E-state index contributed by atoms with van der Waals surface area (Å²) in [5.41, 5.74) is 1.50. The molecule has 0 bridgehead atoms.